The van der Waals surface area contributed by atoms with Gasteiger partial charge in [-0.2, -0.15) is 0 Å². The zero-order valence-electron chi connectivity index (χ0n) is 6.82. The zero-order chi connectivity index (χ0) is 9.40. The third-order valence-electron chi connectivity index (χ3n) is 1.43. The number of rotatable bonds is 7. The summed E-state index contributed by atoms with van der Waals surface area (Å²) in [6, 6.07) is 0. The zero-order valence-corrected chi connectivity index (χ0v) is 8.33. The van der Waals surface area contributed by atoms with Gasteiger partial charge in [0.05, 0.1) is 0 Å². The molecule has 2 nitrogen and oxygen atoms in total. The summed E-state index contributed by atoms with van der Waals surface area (Å²) in [4.78, 5) is 21.8. The molecule has 0 aromatic heterocycles. The van der Waals surface area contributed by atoms with Crippen molar-refractivity contribution in [3.05, 3.63) is 0 Å². The monoisotopic (exact) mass is 210 g/mol. The summed E-state index contributed by atoms with van der Waals surface area (Å²) < 4.78 is 0. The Morgan fingerprint density at radius 1 is 0.750 bits per heavy atom. The van der Waals surface area contributed by atoms with Crippen molar-refractivity contribution in [3.8, 4) is 0 Å². The van der Waals surface area contributed by atoms with Gasteiger partial charge in [0, 0.05) is 37.4 Å². The molecule has 0 fully saturated rings. The molecule has 4 heteroatoms. The minimum absolute atomic E-state index is 0.0490. The van der Waals surface area contributed by atoms with Gasteiger partial charge in [0.1, 0.15) is 11.6 Å². The average Bonchev–Trinajstić information content (AvgIpc) is 2.02. The minimum Gasteiger partial charge on any atom is -0.300 e. The van der Waals surface area contributed by atoms with Crippen molar-refractivity contribution in [1.29, 1.82) is 0 Å². The molecule has 0 bridgehead atoms. The van der Waals surface area contributed by atoms with Crippen LogP contribution in [-0.2, 0) is 9.59 Å². The van der Waals surface area contributed by atoms with E-state index in [1.165, 1.54) is 0 Å². The first-order valence-electron chi connectivity index (χ1n) is 3.86. The number of alkyl halides is 2. The fourth-order valence-electron chi connectivity index (χ4n) is 0.740. The second kappa shape index (κ2) is 7.56. The minimum atomic E-state index is 0.0490. The maximum atomic E-state index is 10.9. The molecule has 0 aliphatic rings. The molecule has 0 aromatic rings. The highest BCUT2D eigenvalue weighted by atomic mass is 35.5. The first-order chi connectivity index (χ1) is 5.70. The first-order valence-corrected chi connectivity index (χ1v) is 4.93. The Morgan fingerprint density at radius 3 is 1.33 bits per heavy atom. The number of carbonyl (C=O) groups excluding carboxylic acids is 2. The Hall–Kier alpha value is -0.0800. The van der Waals surface area contributed by atoms with Crippen LogP contribution < -0.4 is 0 Å². The van der Waals surface area contributed by atoms with Crippen molar-refractivity contribution in [2.45, 2.75) is 25.7 Å². The Balaban J connectivity index is 3.40. The molecular weight excluding hydrogens is 199 g/mol. The van der Waals surface area contributed by atoms with E-state index >= 15 is 0 Å². The van der Waals surface area contributed by atoms with Gasteiger partial charge in [-0.05, 0) is 0 Å². The van der Waals surface area contributed by atoms with Crippen molar-refractivity contribution in [2.24, 2.45) is 0 Å². The first kappa shape index (κ1) is 11.9. The molecule has 0 aromatic carbocycles. The van der Waals surface area contributed by atoms with Crippen LogP contribution in [-0.4, -0.2) is 23.3 Å². The van der Waals surface area contributed by atoms with Gasteiger partial charge < -0.3 is 0 Å². The van der Waals surface area contributed by atoms with Gasteiger partial charge in [0.2, 0.25) is 0 Å². The smallest absolute Gasteiger partial charge is 0.134 e. The van der Waals surface area contributed by atoms with E-state index in [1.54, 1.807) is 0 Å². The van der Waals surface area contributed by atoms with Crippen molar-refractivity contribution >= 4 is 34.8 Å². The third-order valence-corrected chi connectivity index (χ3v) is 1.81. The van der Waals surface area contributed by atoms with E-state index in [9.17, 15) is 9.59 Å². The van der Waals surface area contributed by atoms with Gasteiger partial charge in [0.25, 0.3) is 0 Å². The molecule has 0 amide bonds. The number of carbonyl (C=O) groups is 2. The van der Waals surface area contributed by atoms with Crippen LogP contribution in [0.5, 0.6) is 0 Å². The predicted octanol–water partition coefficient (Wildman–Crippen LogP) is 2.16. The van der Waals surface area contributed by atoms with Crippen LogP contribution in [0.4, 0.5) is 0 Å². The molecule has 0 spiro atoms. The number of Topliss-reactive ketones (excluding diaryl/α,β-unsaturated/α-hetero) is 2. The van der Waals surface area contributed by atoms with Crippen LogP contribution in [0.3, 0.4) is 0 Å². The SMILES string of the molecule is O=C(CCCl)CCC(=O)CCCl. The molecule has 70 valence electrons. The van der Waals surface area contributed by atoms with Crippen molar-refractivity contribution in [3.63, 3.8) is 0 Å². The lowest BCUT2D eigenvalue weighted by molar-refractivity contribution is -0.123. The molecule has 0 N–H and O–H groups in total. The van der Waals surface area contributed by atoms with E-state index in [1.807, 2.05) is 0 Å². The molecule has 0 radical (unpaired) electrons. The highest BCUT2D eigenvalue weighted by molar-refractivity contribution is 6.19. The second-order valence-electron chi connectivity index (χ2n) is 2.46. The van der Waals surface area contributed by atoms with Crippen LogP contribution in [0.15, 0.2) is 0 Å². The third kappa shape index (κ3) is 6.62. The number of ketones is 2. The normalized spacial score (nSPS) is 9.83. The molecule has 0 saturated carbocycles. The standard InChI is InChI=1S/C8H12Cl2O2/c9-5-3-7(11)1-2-8(12)4-6-10/h1-6H2. The summed E-state index contributed by atoms with van der Waals surface area (Å²) in [6.07, 6.45) is 1.33. The number of hydrogen-bond acceptors (Lipinski definition) is 2. The van der Waals surface area contributed by atoms with Gasteiger partial charge >= 0.3 is 0 Å². The summed E-state index contributed by atoms with van der Waals surface area (Å²) in [5, 5.41) is 0. The Bertz CT molecular complexity index is 139. The number of halogens is 2. The number of hydrogen-bond donors (Lipinski definition) is 0. The molecular formula is C8H12Cl2O2. The molecule has 0 rings (SSSR count). The fourth-order valence-corrected chi connectivity index (χ4v) is 1.16. The second-order valence-corrected chi connectivity index (χ2v) is 3.21. The van der Waals surface area contributed by atoms with Crippen LogP contribution in [0.25, 0.3) is 0 Å². The van der Waals surface area contributed by atoms with Crippen molar-refractivity contribution in [2.75, 3.05) is 11.8 Å². The fraction of sp³-hybridized carbons (Fsp3) is 0.750. The molecule has 0 unspecified atom stereocenters. The topological polar surface area (TPSA) is 34.1 Å². The molecule has 0 heterocycles. The lowest BCUT2D eigenvalue weighted by atomic mass is 10.1. The summed E-state index contributed by atoms with van der Waals surface area (Å²) in [6.45, 7) is 0. The molecule has 0 saturated heterocycles. The van der Waals surface area contributed by atoms with E-state index < -0.39 is 0 Å². The summed E-state index contributed by atoms with van der Waals surface area (Å²) in [7, 11) is 0. The van der Waals surface area contributed by atoms with Gasteiger partial charge in [0.15, 0.2) is 0 Å². The summed E-state index contributed by atoms with van der Waals surface area (Å²) in [5.74, 6) is 0.770. The average molecular weight is 211 g/mol. The molecule has 0 aliphatic heterocycles. The largest absolute Gasteiger partial charge is 0.300 e. The molecule has 12 heavy (non-hydrogen) atoms. The van der Waals surface area contributed by atoms with Gasteiger partial charge in [-0.25, -0.2) is 0 Å². The van der Waals surface area contributed by atoms with Gasteiger partial charge in [-0.1, -0.05) is 0 Å². The van der Waals surface area contributed by atoms with E-state index in [0.717, 1.165) is 0 Å². The van der Waals surface area contributed by atoms with Crippen LogP contribution in [0, 0.1) is 0 Å². The van der Waals surface area contributed by atoms with Crippen molar-refractivity contribution in [1.82, 2.24) is 0 Å². The van der Waals surface area contributed by atoms with Crippen LogP contribution in [0.2, 0.25) is 0 Å². The maximum Gasteiger partial charge on any atom is 0.134 e. The highest BCUT2D eigenvalue weighted by Crippen LogP contribution is 2.00. The molecule has 0 atom stereocenters. The summed E-state index contributed by atoms with van der Waals surface area (Å²) >= 11 is 10.7. The lowest BCUT2D eigenvalue weighted by Gasteiger charge is -1.96. The molecule has 0 aliphatic carbocycles. The van der Waals surface area contributed by atoms with Crippen LogP contribution in [0.1, 0.15) is 25.7 Å². The van der Waals surface area contributed by atoms with Crippen LogP contribution >= 0.6 is 23.2 Å². The predicted molar refractivity (Wildman–Crippen MR) is 49.9 cm³/mol. The van der Waals surface area contributed by atoms with Crippen molar-refractivity contribution < 1.29 is 9.59 Å². The van der Waals surface area contributed by atoms with Gasteiger partial charge in [-0.15, -0.1) is 23.2 Å². The highest BCUT2D eigenvalue weighted by Gasteiger charge is 2.05. The van der Waals surface area contributed by atoms with E-state index in [4.69, 9.17) is 23.2 Å². The van der Waals surface area contributed by atoms with E-state index in [2.05, 4.69) is 0 Å². The van der Waals surface area contributed by atoms with E-state index in [0.29, 0.717) is 37.4 Å². The summed E-state index contributed by atoms with van der Waals surface area (Å²) in [5.41, 5.74) is 0. The lowest BCUT2D eigenvalue weighted by Crippen LogP contribution is -2.04. The maximum absolute atomic E-state index is 10.9. The Kier molecular flexibility index (Phi) is 7.51. The quantitative estimate of drug-likeness (QED) is 0.604. The van der Waals surface area contributed by atoms with E-state index in [-0.39, 0.29) is 11.6 Å². The Labute approximate surface area is 82.2 Å². The Morgan fingerprint density at radius 2 is 1.08 bits per heavy atom. The van der Waals surface area contributed by atoms with Gasteiger partial charge in [-0.3, -0.25) is 9.59 Å².